The molecule has 0 aliphatic rings. The Morgan fingerprint density at radius 2 is 1.28 bits per heavy atom. The Kier molecular flexibility index (Phi) is 4.24. The maximum Gasteiger partial charge on any atom is 0.118 e. The zero-order chi connectivity index (χ0) is 12.8. The van der Waals surface area contributed by atoms with Gasteiger partial charge < -0.3 is 9.47 Å². The fourth-order valence-electron chi connectivity index (χ4n) is 1.74. The van der Waals surface area contributed by atoms with Crippen molar-refractivity contribution in [3.8, 4) is 11.5 Å². The highest BCUT2D eigenvalue weighted by molar-refractivity contribution is 5.34. The maximum absolute atomic E-state index is 5.13. The molecule has 2 aromatic carbocycles. The Morgan fingerprint density at radius 1 is 0.778 bits per heavy atom. The van der Waals surface area contributed by atoms with Crippen molar-refractivity contribution in [2.75, 3.05) is 14.2 Å². The number of ether oxygens (including phenoxy) is 2. The van der Waals surface area contributed by atoms with Crippen LogP contribution in [0.3, 0.4) is 0 Å². The minimum Gasteiger partial charge on any atom is -0.497 e. The van der Waals surface area contributed by atoms with E-state index in [1.807, 2.05) is 24.3 Å². The second kappa shape index (κ2) is 6.10. The van der Waals surface area contributed by atoms with Crippen molar-refractivity contribution >= 4 is 0 Å². The van der Waals surface area contributed by atoms with Crippen LogP contribution in [0.2, 0.25) is 0 Å². The summed E-state index contributed by atoms with van der Waals surface area (Å²) in [6.07, 6.45) is 3.11. The minimum atomic E-state index is 0.886. The highest BCUT2D eigenvalue weighted by Crippen LogP contribution is 2.16. The van der Waals surface area contributed by atoms with Crippen LogP contribution in [0.4, 0.5) is 0 Å². The third-order valence-electron chi connectivity index (χ3n) is 2.85. The van der Waals surface area contributed by atoms with Gasteiger partial charge in [-0.25, -0.2) is 0 Å². The molecule has 0 aliphatic carbocycles. The summed E-state index contributed by atoms with van der Waals surface area (Å²) in [6, 6.07) is 16.2. The summed E-state index contributed by atoms with van der Waals surface area (Å²) in [6.45, 7) is 0. The smallest absolute Gasteiger partial charge is 0.118 e. The van der Waals surface area contributed by atoms with E-state index < -0.39 is 0 Å². The van der Waals surface area contributed by atoms with Gasteiger partial charge in [-0.2, -0.15) is 0 Å². The molecule has 0 amide bonds. The lowest BCUT2D eigenvalue weighted by atomic mass is 10.0. The first-order valence-corrected chi connectivity index (χ1v) is 5.92. The molecular weight excluding hydrogens is 224 g/mol. The number of benzene rings is 2. The van der Waals surface area contributed by atoms with E-state index in [-0.39, 0.29) is 0 Å². The number of hydrogen-bond donors (Lipinski definition) is 0. The van der Waals surface area contributed by atoms with E-state index in [4.69, 9.17) is 9.47 Å². The van der Waals surface area contributed by atoms with Crippen molar-refractivity contribution in [2.45, 2.75) is 6.42 Å². The van der Waals surface area contributed by atoms with Gasteiger partial charge in [-0.1, -0.05) is 24.3 Å². The fourth-order valence-corrected chi connectivity index (χ4v) is 1.74. The maximum atomic E-state index is 5.13. The Labute approximate surface area is 108 Å². The molecule has 0 N–H and O–H groups in total. The van der Waals surface area contributed by atoms with Gasteiger partial charge in [-0.05, 0) is 48.2 Å². The molecular formula is C16H17O2. The van der Waals surface area contributed by atoms with Gasteiger partial charge in [0.15, 0.2) is 0 Å². The first kappa shape index (κ1) is 12.5. The molecule has 2 aromatic rings. The standard InChI is InChI=1S/C16H17O2/c1-17-15-9-5-13(6-10-15)3-4-14-7-11-16(18-2)12-8-14/h3,5-12H,4H2,1-2H3. The molecule has 0 heterocycles. The van der Waals surface area contributed by atoms with Crippen molar-refractivity contribution in [3.05, 3.63) is 66.1 Å². The van der Waals surface area contributed by atoms with Gasteiger partial charge in [0.05, 0.1) is 14.2 Å². The van der Waals surface area contributed by atoms with E-state index in [2.05, 4.69) is 30.7 Å². The van der Waals surface area contributed by atoms with Crippen LogP contribution >= 0.6 is 0 Å². The summed E-state index contributed by atoms with van der Waals surface area (Å²) in [5.74, 6) is 1.78. The topological polar surface area (TPSA) is 18.5 Å². The SMILES string of the molecule is COc1ccc([CH]Cc2ccc(OC)cc2)cc1. The Hall–Kier alpha value is -1.96. The number of hydrogen-bond acceptors (Lipinski definition) is 2. The lowest BCUT2D eigenvalue weighted by molar-refractivity contribution is 0.414. The van der Waals surface area contributed by atoms with Gasteiger partial charge in [-0.3, -0.25) is 0 Å². The number of methoxy groups -OCH3 is 2. The van der Waals surface area contributed by atoms with Gasteiger partial charge in [0.1, 0.15) is 11.5 Å². The van der Waals surface area contributed by atoms with Crippen molar-refractivity contribution in [3.63, 3.8) is 0 Å². The lowest BCUT2D eigenvalue weighted by Gasteiger charge is -2.05. The van der Waals surface area contributed by atoms with E-state index in [0.717, 1.165) is 17.9 Å². The monoisotopic (exact) mass is 241 g/mol. The van der Waals surface area contributed by atoms with Gasteiger partial charge >= 0.3 is 0 Å². The van der Waals surface area contributed by atoms with Crippen LogP contribution < -0.4 is 9.47 Å². The molecule has 0 spiro atoms. The average molecular weight is 241 g/mol. The van der Waals surface area contributed by atoms with E-state index >= 15 is 0 Å². The molecule has 0 unspecified atom stereocenters. The summed E-state index contributed by atoms with van der Waals surface area (Å²) in [5.41, 5.74) is 2.47. The van der Waals surface area contributed by atoms with Crippen LogP contribution in [-0.2, 0) is 6.42 Å². The van der Waals surface area contributed by atoms with Crippen molar-refractivity contribution in [2.24, 2.45) is 0 Å². The van der Waals surface area contributed by atoms with Gasteiger partial charge in [0.2, 0.25) is 0 Å². The van der Waals surface area contributed by atoms with Crippen LogP contribution in [0.25, 0.3) is 0 Å². The highest BCUT2D eigenvalue weighted by Gasteiger charge is 1.98. The molecule has 0 fully saturated rings. The molecule has 0 saturated carbocycles. The van der Waals surface area contributed by atoms with E-state index in [1.54, 1.807) is 14.2 Å². The average Bonchev–Trinajstić information content (AvgIpc) is 2.46. The van der Waals surface area contributed by atoms with Crippen molar-refractivity contribution in [1.82, 2.24) is 0 Å². The second-order valence-electron chi connectivity index (χ2n) is 4.03. The molecule has 18 heavy (non-hydrogen) atoms. The normalized spacial score (nSPS) is 10.1. The molecule has 0 aromatic heterocycles. The first-order chi connectivity index (χ1) is 8.81. The third-order valence-corrected chi connectivity index (χ3v) is 2.85. The minimum absolute atomic E-state index is 0.886. The largest absolute Gasteiger partial charge is 0.497 e. The van der Waals surface area contributed by atoms with Crippen LogP contribution in [0.1, 0.15) is 11.1 Å². The molecule has 0 bridgehead atoms. The van der Waals surface area contributed by atoms with E-state index in [1.165, 1.54) is 11.1 Å². The Balaban J connectivity index is 1.93. The summed E-state index contributed by atoms with van der Waals surface area (Å²) in [7, 11) is 3.36. The molecule has 0 saturated heterocycles. The molecule has 0 aliphatic heterocycles. The molecule has 1 radical (unpaired) electrons. The summed E-state index contributed by atoms with van der Waals surface area (Å²) >= 11 is 0. The Morgan fingerprint density at radius 3 is 1.78 bits per heavy atom. The fraction of sp³-hybridized carbons (Fsp3) is 0.188. The predicted octanol–water partition coefficient (Wildman–Crippen LogP) is 3.50. The molecule has 0 atom stereocenters. The van der Waals surface area contributed by atoms with E-state index in [0.29, 0.717) is 0 Å². The molecule has 2 nitrogen and oxygen atoms in total. The van der Waals surface area contributed by atoms with Crippen LogP contribution in [0.5, 0.6) is 11.5 Å². The van der Waals surface area contributed by atoms with Crippen LogP contribution in [-0.4, -0.2) is 14.2 Å². The van der Waals surface area contributed by atoms with Crippen molar-refractivity contribution in [1.29, 1.82) is 0 Å². The van der Waals surface area contributed by atoms with E-state index in [9.17, 15) is 0 Å². The summed E-state index contributed by atoms with van der Waals surface area (Å²) in [5, 5.41) is 0. The highest BCUT2D eigenvalue weighted by atomic mass is 16.5. The second-order valence-corrected chi connectivity index (χ2v) is 4.03. The molecule has 2 heteroatoms. The van der Waals surface area contributed by atoms with Crippen LogP contribution in [0, 0.1) is 6.42 Å². The Bertz CT molecular complexity index is 424. The summed E-state index contributed by atoms with van der Waals surface area (Å²) < 4.78 is 10.3. The molecule has 2 rings (SSSR count). The third kappa shape index (κ3) is 3.27. The van der Waals surface area contributed by atoms with Crippen LogP contribution in [0.15, 0.2) is 48.5 Å². The predicted molar refractivity (Wildman–Crippen MR) is 73.1 cm³/mol. The van der Waals surface area contributed by atoms with Gasteiger partial charge in [-0.15, -0.1) is 0 Å². The number of rotatable bonds is 5. The summed E-state index contributed by atoms with van der Waals surface area (Å²) in [4.78, 5) is 0. The van der Waals surface area contributed by atoms with Crippen molar-refractivity contribution < 1.29 is 9.47 Å². The van der Waals surface area contributed by atoms with Gasteiger partial charge in [0, 0.05) is 0 Å². The molecule has 93 valence electrons. The zero-order valence-corrected chi connectivity index (χ0v) is 10.7. The van der Waals surface area contributed by atoms with Gasteiger partial charge in [0.25, 0.3) is 0 Å². The first-order valence-electron chi connectivity index (χ1n) is 5.92. The quantitative estimate of drug-likeness (QED) is 0.797. The lowest BCUT2D eigenvalue weighted by Crippen LogP contribution is -1.90. The zero-order valence-electron chi connectivity index (χ0n) is 10.7.